The van der Waals surface area contributed by atoms with Crippen LogP contribution in [0.1, 0.15) is 7.43 Å². The Balaban J connectivity index is 0.00000338. The van der Waals surface area contributed by atoms with Crippen molar-refractivity contribution in [1.29, 1.82) is 0 Å². The van der Waals surface area contributed by atoms with E-state index in [1.807, 2.05) is 0 Å². The van der Waals surface area contributed by atoms with Gasteiger partial charge in [-0.05, 0) is 0 Å². The third kappa shape index (κ3) is 5.53. The minimum Gasteiger partial charge on any atom is -0.412 e. The van der Waals surface area contributed by atoms with Gasteiger partial charge >= 0.3 is 0 Å². The summed E-state index contributed by atoms with van der Waals surface area (Å²) >= 11 is 0. The molecule has 0 aromatic carbocycles. The van der Waals surface area contributed by atoms with Crippen LogP contribution in [0.15, 0.2) is 0 Å². The summed E-state index contributed by atoms with van der Waals surface area (Å²) in [4.78, 5) is 0. The predicted octanol–water partition coefficient (Wildman–Crippen LogP) is -4.28. The van der Waals surface area contributed by atoms with Crippen LogP contribution in [0.5, 0.6) is 0 Å². The Bertz CT molecular complexity index is 412. The zero-order valence-corrected chi connectivity index (χ0v) is 14.4. The van der Waals surface area contributed by atoms with Crippen molar-refractivity contribution < 1.29 is 59.8 Å². The first kappa shape index (κ1) is 26.5. The summed E-state index contributed by atoms with van der Waals surface area (Å²) < 4.78 is 25.9. The van der Waals surface area contributed by atoms with Gasteiger partial charge in [-0.15, -0.1) is 0 Å². The molecule has 0 unspecified atom stereocenters. The van der Waals surface area contributed by atoms with E-state index >= 15 is 0 Å². The van der Waals surface area contributed by atoms with Gasteiger partial charge in [-0.1, -0.05) is 7.43 Å². The molecule has 12 heteroatoms. The number of ether oxygens (including phenoxy) is 5. The maximum Gasteiger partial charge on any atom is 0.187 e. The number of hydrogen-bond donors (Lipinski definition) is 6. The number of aliphatic hydroxyl groups is 6. The quantitative estimate of drug-likeness (QED) is 0.250. The second-order valence-electron chi connectivity index (χ2n) is 5.99. The van der Waals surface area contributed by atoms with Gasteiger partial charge in [0, 0.05) is 14.2 Å². The molecule has 2 heterocycles. The van der Waals surface area contributed by atoms with Gasteiger partial charge in [0.2, 0.25) is 0 Å². The summed E-state index contributed by atoms with van der Waals surface area (Å²) in [7, 11) is 2.53. The Hall–Kier alpha value is -0.480. The molecule has 2 fully saturated rings. The van der Waals surface area contributed by atoms with Crippen molar-refractivity contribution in [2.45, 2.75) is 68.8 Å². The van der Waals surface area contributed by atoms with Crippen molar-refractivity contribution in [2.24, 2.45) is 0 Å². The smallest absolute Gasteiger partial charge is 0.187 e. The van der Waals surface area contributed by atoms with Crippen LogP contribution >= 0.6 is 0 Å². The van der Waals surface area contributed by atoms with E-state index in [1.165, 1.54) is 14.2 Å². The minimum atomic E-state index is -1.47. The van der Waals surface area contributed by atoms with Crippen molar-refractivity contribution in [3.05, 3.63) is 0 Å². The van der Waals surface area contributed by atoms with Crippen molar-refractivity contribution in [3.63, 3.8) is 0 Å². The Morgan fingerprint density at radius 1 is 0.778 bits per heavy atom. The van der Waals surface area contributed by atoms with Gasteiger partial charge in [-0.25, -0.2) is 0 Å². The first-order chi connectivity index (χ1) is 11.8. The summed E-state index contributed by atoms with van der Waals surface area (Å²) in [6, 6.07) is 0. The van der Waals surface area contributed by atoms with E-state index in [0.717, 1.165) is 0 Å². The molecule has 0 amide bonds. The van der Waals surface area contributed by atoms with E-state index in [0.29, 0.717) is 0 Å². The third-order valence-electron chi connectivity index (χ3n) is 4.46. The molecule has 10 atom stereocenters. The second kappa shape index (κ2) is 11.5. The maximum atomic E-state index is 10.1. The van der Waals surface area contributed by atoms with Crippen LogP contribution in [-0.4, -0.2) is 125 Å². The molecule has 0 aromatic rings. The topological polar surface area (TPSA) is 199 Å². The molecule has 0 radical (unpaired) electrons. The van der Waals surface area contributed by atoms with Gasteiger partial charge in [0.15, 0.2) is 12.6 Å². The standard InChI is InChI=1S/C14H26O11.CH4.H2O/c1-21-11-9(18)8(17)6(24-13(11)20)4-23-14-12(22-2)10(19)7(16)5(3-15)25-14;;/h5-20H,3-4H2,1-2H3;1H4;1H2/t5-,6-,7-,8-,9+,10+,11-,12-,13+,14+;;/m1../s1. The van der Waals surface area contributed by atoms with Crippen molar-refractivity contribution in [1.82, 2.24) is 0 Å². The molecule has 0 spiro atoms. The molecule has 164 valence electrons. The fourth-order valence-corrected chi connectivity index (χ4v) is 2.94. The first-order valence-corrected chi connectivity index (χ1v) is 7.85. The van der Waals surface area contributed by atoms with Crippen molar-refractivity contribution >= 4 is 0 Å². The van der Waals surface area contributed by atoms with Crippen molar-refractivity contribution in [2.75, 3.05) is 27.4 Å². The lowest BCUT2D eigenvalue weighted by Crippen LogP contribution is -2.62. The van der Waals surface area contributed by atoms with Gasteiger partial charge in [-0.2, -0.15) is 0 Å². The van der Waals surface area contributed by atoms with Gasteiger partial charge in [0.25, 0.3) is 0 Å². The van der Waals surface area contributed by atoms with E-state index in [4.69, 9.17) is 23.7 Å². The molecule has 12 nitrogen and oxygen atoms in total. The average Bonchev–Trinajstić information content (AvgIpc) is 2.60. The summed E-state index contributed by atoms with van der Waals surface area (Å²) in [5.74, 6) is 0. The molecular formula is C15H32O12. The monoisotopic (exact) mass is 404 g/mol. The third-order valence-corrected chi connectivity index (χ3v) is 4.46. The highest BCUT2D eigenvalue weighted by Crippen LogP contribution is 2.26. The van der Waals surface area contributed by atoms with Gasteiger partial charge in [0.1, 0.15) is 48.8 Å². The van der Waals surface area contributed by atoms with E-state index < -0.39 is 68.0 Å². The van der Waals surface area contributed by atoms with Crippen LogP contribution in [0.25, 0.3) is 0 Å². The zero-order valence-electron chi connectivity index (χ0n) is 14.4. The normalized spacial score (nSPS) is 44.9. The molecule has 2 aliphatic rings. The van der Waals surface area contributed by atoms with Crippen molar-refractivity contribution in [3.8, 4) is 0 Å². The highest BCUT2D eigenvalue weighted by atomic mass is 16.7. The molecule has 0 aromatic heterocycles. The Kier molecular flexibility index (Phi) is 11.3. The predicted molar refractivity (Wildman–Crippen MR) is 88.5 cm³/mol. The molecule has 27 heavy (non-hydrogen) atoms. The Labute approximate surface area is 157 Å². The minimum absolute atomic E-state index is 0. The Morgan fingerprint density at radius 2 is 1.30 bits per heavy atom. The molecule has 2 rings (SSSR count). The van der Waals surface area contributed by atoms with Gasteiger partial charge in [0.05, 0.1) is 13.2 Å². The molecular weight excluding hydrogens is 372 g/mol. The fraction of sp³-hybridized carbons (Fsp3) is 1.00. The molecule has 0 bridgehead atoms. The van der Waals surface area contributed by atoms with E-state index in [2.05, 4.69) is 0 Å². The lowest BCUT2D eigenvalue weighted by Gasteiger charge is -2.43. The van der Waals surface area contributed by atoms with Crippen LogP contribution in [0.3, 0.4) is 0 Å². The first-order valence-electron chi connectivity index (χ1n) is 7.85. The largest absolute Gasteiger partial charge is 0.412 e. The maximum absolute atomic E-state index is 10.1. The lowest BCUT2D eigenvalue weighted by molar-refractivity contribution is -0.329. The van der Waals surface area contributed by atoms with E-state index in [9.17, 15) is 30.6 Å². The summed E-state index contributed by atoms with van der Waals surface area (Å²) in [6.07, 6.45) is -12.5. The van der Waals surface area contributed by atoms with E-state index in [-0.39, 0.29) is 19.5 Å². The summed E-state index contributed by atoms with van der Waals surface area (Å²) in [5, 5.41) is 58.8. The van der Waals surface area contributed by atoms with Gasteiger partial charge < -0.3 is 59.8 Å². The SMILES string of the molecule is C.CO[C@@H]1[C@@H](O)[C@H](O)[C@@H](CO[C@H]2O[C@H](CO)[C@@H](O)[C@H](O)[C@H]2OC)O[C@@H]1O.O. The summed E-state index contributed by atoms with van der Waals surface area (Å²) in [5.41, 5.74) is 0. The highest BCUT2D eigenvalue weighted by Gasteiger charge is 2.47. The van der Waals surface area contributed by atoms with Crippen LogP contribution < -0.4 is 0 Å². The number of rotatable bonds is 6. The number of hydrogen-bond acceptors (Lipinski definition) is 11. The molecule has 8 N–H and O–H groups in total. The number of aliphatic hydroxyl groups excluding tert-OH is 6. The van der Waals surface area contributed by atoms with Crippen LogP contribution in [0, 0.1) is 0 Å². The zero-order chi connectivity index (χ0) is 18.7. The number of methoxy groups -OCH3 is 2. The van der Waals surface area contributed by atoms with Crippen LogP contribution in [-0.2, 0) is 23.7 Å². The van der Waals surface area contributed by atoms with E-state index in [1.54, 1.807) is 0 Å². The molecule has 2 saturated heterocycles. The molecule has 0 saturated carbocycles. The average molecular weight is 404 g/mol. The Morgan fingerprint density at radius 3 is 1.81 bits per heavy atom. The highest BCUT2D eigenvalue weighted by molar-refractivity contribution is 4.92. The summed E-state index contributed by atoms with van der Waals surface area (Å²) in [6.45, 7) is -0.874. The van der Waals surface area contributed by atoms with Gasteiger partial charge in [-0.3, -0.25) is 0 Å². The second-order valence-corrected chi connectivity index (χ2v) is 5.99. The fourth-order valence-electron chi connectivity index (χ4n) is 2.94. The lowest BCUT2D eigenvalue weighted by atomic mass is 9.98. The van der Waals surface area contributed by atoms with Crippen LogP contribution in [0.4, 0.5) is 0 Å². The van der Waals surface area contributed by atoms with Crippen LogP contribution in [0.2, 0.25) is 0 Å². The molecule has 0 aliphatic carbocycles. The molecule has 2 aliphatic heterocycles.